The fourth-order valence-electron chi connectivity index (χ4n) is 2.88. The molecule has 22 heavy (non-hydrogen) atoms. The van der Waals surface area contributed by atoms with Crippen molar-refractivity contribution >= 4 is 47.4 Å². The van der Waals surface area contributed by atoms with Crippen LogP contribution in [-0.4, -0.2) is 38.1 Å². The van der Waals surface area contributed by atoms with Gasteiger partial charge < -0.3 is 0 Å². The molecule has 0 bridgehead atoms. The van der Waals surface area contributed by atoms with Crippen LogP contribution in [-0.2, 0) is 13.0 Å². The third kappa shape index (κ3) is 2.34. The van der Waals surface area contributed by atoms with Gasteiger partial charge in [0, 0.05) is 0 Å². The number of nitrogens with one attached hydrogen (secondary N) is 1. The summed E-state index contributed by atoms with van der Waals surface area (Å²) in [4.78, 5) is 11.2. The fraction of sp³-hybridized carbons (Fsp3) is 0.250. The number of hydrogen-bond donors (Lipinski definition) is 1. The molecule has 3 heterocycles. The van der Waals surface area contributed by atoms with Gasteiger partial charge in [-0.05, 0) is 0 Å². The first-order valence-electron chi connectivity index (χ1n) is 7.19. The summed E-state index contributed by atoms with van der Waals surface area (Å²) < 4.78 is 2.74. The Labute approximate surface area is 139 Å². The van der Waals surface area contributed by atoms with E-state index in [1.54, 1.807) is 6.33 Å². The maximum atomic E-state index is 5.99. The zero-order valence-electron chi connectivity index (χ0n) is 12.1. The van der Waals surface area contributed by atoms with Gasteiger partial charge in [0.1, 0.15) is 0 Å². The number of aromatic nitrogens is 2. The molecule has 1 aliphatic rings. The first-order valence-corrected chi connectivity index (χ1v) is 9.28. The Kier molecular flexibility index (Phi) is 3.66. The van der Waals surface area contributed by atoms with Crippen LogP contribution in [0, 0.1) is 0 Å². The SMILES string of the molecule is CN(c1ccc(Cl)cc1)c1ncnc2[se]c3c(c12)CCNC3. The number of benzene rings is 1. The van der Waals surface area contributed by atoms with E-state index in [2.05, 4.69) is 27.2 Å². The van der Waals surface area contributed by atoms with Crippen molar-refractivity contribution in [1.29, 1.82) is 0 Å². The van der Waals surface area contributed by atoms with E-state index in [1.165, 1.54) is 19.8 Å². The van der Waals surface area contributed by atoms with Gasteiger partial charge in [0.05, 0.1) is 0 Å². The number of anilines is 2. The third-order valence-corrected chi connectivity index (χ3v) is 6.66. The second-order valence-corrected chi connectivity index (χ2v) is 8.05. The number of hydrogen-bond acceptors (Lipinski definition) is 4. The maximum absolute atomic E-state index is 5.99. The molecule has 0 saturated carbocycles. The molecule has 112 valence electrons. The van der Waals surface area contributed by atoms with E-state index >= 15 is 0 Å². The molecule has 1 aromatic carbocycles. The monoisotopic (exact) mass is 378 g/mol. The van der Waals surface area contributed by atoms with Crippen molar-refractivity contribution in [2.24, 2.45) is 0 Å². The van der Waals surface area contributed by atoms with Crippen LogP contribution in [0.5, 0.6) is 0 Å². The van der Waals surface area contributed by atoms with E-state index in [9.17, 15) is 0 Å². The normalized spacial score (nSPS) is 14.1. The van der Waals surface area contributed by atoms with E-state index < -0.39 is 0 Å². The minimum absolute atomic E-state index is 0.330. The van der Waals surface area contributed by atoms with Gasteiger partial charge in [-0.1, -0.05) is 0 Å². The molecule has 1 aliphatic heterocycles. The molecule has 0 fully saturated rings. The summed E-state index contributed by atoms with van der Waals surface area (Å²) in [6.45, 7) is 2.03. The fourth-order valence-corrected chi connectivity index (χ4v) is 5.43. The van der Waals surface area contributed by atoms with Crippen LogP contribution in [0.2, 0.25) is 5.02 Å². The average molecular weight is 378 g/mol. The molecular formula is C16H15ClN4Se. The van der Waals surface area contributed by atoms with E-state index in [4.69, 9.17) is 11.6 Å². The van der Waals surface area contributed by atoms with Crippen molar-refractivity contribution in [1.82, 2.24) is 15.3 Å². The second-order valence-electron chi connectivity index (χ2n) is 5.34. The number of nitrogens with zero attached hydrogens (tertiary/aromatic N) is 3. The standard InChI is InChI=1S/C16H15ClN4Se/c1-21(11-4-2-10(17)3-5-11)15-14-12-6-7-18-8-13(12)22-16(14)20-9-19-15/h2-5,9,18H,6-8H2,1H3. The molecule has 0 aliphatic carbocycles. The molecule has 6 heteroatoms. The van der Waals surface area contributed by atoms with Crippen molar-refractivity contribution in [2.75, 3.05) is 18.5 Å². The number of fused-ring (bicyclic) bond motifs is 3. The molecule has 0 radical (unpaired) electrons. The van der Waals surface area contributed by atoms with Crippen molar-refractivity contribution in [3.8, 4) is 0 Å². The van der Waals surface area contributed by atoms with Crippen LogP contribution in [0.3, 0.4) is 0 Å². The summed E-state index contributed by atoms with van der Waals surface area (Å²) >= 11 is 6.32. The summed E-state index contributed by atoms with van der Waals surface area (Å²) in [6, 6.07) is 7.87. The third-order valence-electron chi connectivity index (χ3n) is 4.02. The second kappa shape index (κ2) is 5.67. The molecule has 4 nitrogen and oxygen atoms in total. The zero-order chi connectivity index (χ0) is 15.1. The summed E-state index contributed by atoms with van der Waals surface area (Å²) in [7, 11) is 2.05. The van der Waals surface area contributed by atoms with Crippen molar-refractivity contribution in [3.05, 3.63) is 45.6 Å². The Hall–Kier alpha value is -1.39. The summed E-state index contributed by atoms with van der Waals surface area (Å²) in [5.74, 6) is 1.00. The van der Waals surface area contributed by atoms with Crippen molar-refractivity contribution < 1.29 is 0 Å². The molecule has 4 rings (SSSR count). The van der Waals surface area contributed by atoms with Gasteiger partial charge in [-0.3, -0.25) is 0 Å². The van der Waals surface area contributed by atoms with E-state index in [0.717, 1.165) is 36.0 Å². The molecular weight excluding hydrogens is 363 g/mol. The Bertz CT molecular complexity index is 828. The summed E-state index contributed by atoms with van der Waals surface area (Å²) in [5.41, 5.74) is 2.55. The molecule has 0 unspecified atom stereocenters. The van der Waals surface area contributed by atoms with Crippen LogP contribution >= 0.6 is 11.6 Å². The predicted molar refractivity (Wildman–Crippen MR) is 91.4 cm³/mol. The molecule has 3 aromatic rings. The van der Waals surface area contributed by atoms with Gasteiger partial charge in [0.25, 0.3) is 0 Å². The molecule has 0 atom stereocenters. The summed E-state index contributed by atoms with van der Waals surface area (Å²) in [5, 5.41) is 5.47. The molecule has 0 saturated heterocycles. The van der Waals surface area contributed by atoms with Gasteiger partial charge in [-0.2, -0.15) is 0 Å². The Morgan fingerprint density at radius 2 is 2.05 bits per heavy atom. The molecule has 1 N–H and O–H groups in total. The molecule has 0 amide bonds. The predicted octanol–water partition coefficient (Wildman–Crippen LogP) is 2.75. The van der Waals surface area contributed by atoms with Gasteiger partial charge in [0.2, 0.25) is 0 Å². The minimum atomic E-state index is 0.330. The number of halogens is 1. The van der Waals surface area contributed by atoms with E-state index in [1.807, 2.05) is 24.3 Å². The Balaban J connectivity index is 1.87. The Morgan fingerprint density at radius 3 is 2.86 bits per heavy atom. The first kappa shape index (κ1) is 14.2. The van der Waals surface area contributed by atoms with Crippen LogP contribution in [0.4, 0.5) is 11.5 Å². The van der Waals surface area contributed by atoms with Crippen molar-refractivity contribution in [3.63, 3.8) is 0 Å². The number of rotatable bonds is 2. The topological polar surface area (TPSA) is 41.1 Å². The quantitative estimate of drug-likeness (QED) is 0.697. The van der Waals surface area contributed by atoms with Crippen LogP contribution in [0.25, 0.3) is 9.78 Å². The molecule has 2 aromatic heterocycles. The molecule has 0 spiro atoms. The van der Waals surface area contributed by atoms with Crippen LogP contribution in [0.15, 0.2) is 30.6 Å². The van der Waals surface area contributed by atoms with Crippen molar-refractivity contribution in [2.45, 2.75) is 13.0 Å². The Morgan fingerprint density at radius 1 is 1.23 bits per heavy atom. The van der Waals surface area contributed by atoms with Gasteiger partial charge in [-0.15, -0.1) is 0 Å². The zero-order valence-corrected chi connectivity index (χ0v) is 14.6. The average Bonchev–Trinajstić information content (AvgIpc) is 2.93. The first-order chi connectivity index (χ1) is 10.7. The van der Waals surface area contributed by atoms with E-state index in [0.29, 0.717) is 14.5 Å². The van der Waals surface area contributed by atoms with E-state index in [-0.39, 0.29) is 0 Å². The van der Waals surface area contributed by atoms with Crippen LogP contribution in [0.1, 0.15) is 10.0 Å². The van der Waals surface area contributed by atoms with Gasteiger partial charge in [0.15, 0.2) is 0 Å². The van der Waals surface area contributed by atoms with Gasteiger partial charge in [-0.25, -0.2) is 0 Å². The summed E-state index contributed by atoms with van der Waals surface area (Å²) in [6.07, 6.45) is 2.76. The van der Waals surface area contributed by atoms with Crippen LogP contribution < -0.4 is 10.2 Å². The van der Waals surface area contributed by atoms with Gasteiger partial charge >= 0.3 is 140 Å².